The Hall–Kier alpha value is -0.130. The fourth-order valence-corrected chi connectivity index (χ4v) is 3.28. The van der Waals surface area contributed by atoms with E-state index in [-0.39, 0.29) is 17.5 Å². The molecule has 1 fully saturated rings. The second-order valence-electron chi connectivity index (χ2n) is 4.51. The van der Waals surface area contributed by atoms with Crippen molar-refractivity contribution < 1.29 is 13.2 Å². The van der Waals surface area contributed by atoms with Crippen LogP contribution in [-0.4, -0.2) is 46.2 Å². The molecule has 5 heteroatoms. The lowest BCUT2D eigenvalue weighted by atomic mass is 10.2. The monoisotopic (exact) mass is 249 g/mol. The predicted molar refractivity (Wildman–Crippen MR) is 65.3 cm³/mol. The molecule has 0 radical (unpaired) electrons. The first-order valence-corrected chi connectivity index (χ1v) is 7.84. The van der Waals surface area contributed by atoms with Crippen LogP contribution >= 0.6 is 0 Å². The normalized spacial score (nSPS) is 18.6. The molecule has 0 amide bonds. The highest BCUT2D eigenvalue weighted by atomic mass is 32.2. The van der Waals surface area contributed by atoms with Crippen molar-refractivity contribution in [3.63, 3.8) is 0 Å². The first-order chi connectivity index (χ1) is 7.59. The Balaban J connectivity index is 2.40. The van der Waals surface area contributed by atoms with E-state index >= 15 is 0 Å². The molecule has 0 aromatic heterocycles. The summed E-state index contributed by atoms with van der Waals surface area (Å²) in [5, 5.41) is 3.34. The van der Waals surface area contributed by atoms with E-state index < -0.39 is 9.84 Å². The molecular formula is C11H23NO3S. The van der Waals surface area contributed by atoms with Gasteiger partial charge in [0.05, 0.1) is 18.1 Å². The summed E-state index contributed by atoms with van der Waals surface area (Å²) in [7, 11) is -1.43. The molecule has 16 heavy (non-hydrogen) atoms. The Morgan fingerprint density at radius 2 is 2.12 bits per heavy atom. The fraction of sp³-hybridized carbons (Fsp3) is 1.00. The highest BCUT2D eigenvalue weighted by Crippen LogP contribution is 2.33. The molecule has 1 rings (SSSR count). The number of nitrogens with one attached hydrogen (secondary N) is 1. The number of rotatable bonds is 9. The molecule has 1 saturated carbocycles. The zero-order valence-electron chi connectivity index (χ0n) is 10.2. The van der Waals surface area contributed by atoms with E-state index in [1.807, 2.05) is 0 Å². The standard InChI is InChI=1S/C11H23NO3S/c1-3-6-12-11(10-4-5-10)9-16(13,14)8-7-15-2/h10-12H,3-9H2,1-2H3. The van der Waals surface area contributed by atoms with Gasteiger partial charge in [0, 0.05) is 13.2 Å². The van der Waals surface area contributed by atoms with Gasteiger partial charge in [0.25, 0.3) is 0 Å². The van der Waals surface area contributed by atoms with Crippen LogP contribution in [0, 0.1) is 5.92 Å². The Labute approximate surface area is 98.7 Å². The minimum absolute atomic E-state index is 0.139. The summed E-state index contributed by atoms with van der Waals surface area (Å²) in [6, 6.07) is 0.154. The summed E-state index contributed by atoms with van der Waals surface area (Å²) in [6.45, 7) is 3.30. The minimum atomic E-state index is -2.97. The number of sulfone groups is 1. The van der Waals surface area contributed by atoms with Gasteiger partial charge in [0.1, 0.15) is 0 Å². The quantitative estimate of drug-likeness (QED) is 0.657. The smallest absolute Gasteiger partial charge is 0.154 e. The van der Waals surface area contributed by atoms with E-state index in [2.05, 4.69) is 12.2 Å². The van der Waals surface area contributed by atoms with Crippen LogP contribution in [0.25, 0.3) is 0 Å². The lowest BCUT2D eigenvalue weighted by Crippen LogP contribution is -2.39. The maximum Gasteiger partial charge on any atom is 0.154 e. The van der Waals surface area contributed by atoms with Gasteiger partial charge in [-0.15, -0.1) is 0 Å². The molecular weight excluding hydrogens is 226 g/mol. The topological polar surface area (TPSA) is 55.4 Å². The Bertz CT molecular complexity index is 286. The Kier molecular flexibility index (Phi) is 5.72. The van der Waals surface area contributed by atoms with Crippen LogP contribution in [-0.2, 0) is 14.6 Å². The van der Waals surface area contributed by atoms with Gasteiger partial charge < -0.3 is 10.1 Å². The zero-order chi connectivity index (χ0) is 12.0. The molecule has 0 bridgehead atoms. The van der Waals surface area contributed by atoms with Crippen LogP contribution in [0.3, 0.4) is 0 Å². The third-order valence-corrected chi connectivity index (χ3v) is 4.54. The van der Waals surface area contributed by atoms with Crippen molar-refractivity contribution in [2.24, 2.45) is 5.92 Å². The second kappa shape index (κ2) is 6.57. The highest BCUT2D eigenvalue weighted by Gasteiger charge is 2.33. The summed E-state index contributed by atoms with van der Waals surface area (Å²) >= 11 is 0. The number of ether oxygens (including phenoxy) is 1. The van der Waals surface area contributed by atoms with Crippen LogP contribution in [0.2, 0.25) is 0 Å². The molecule has 0 aromatic carbocycles. The average molecular weight is 249 g/mol. The van der Waals surface area contributed by atoms with Gasteiger partial charge in [-0.05, 0) is 31.7 Å². The number of methoxy groups -OCH3 is 1. The van der Waals surface area contributed by atoms with E-state index in [1.165, 1.54) is 20.0 Å². The van der Waals surface area contributed by atoms with Crippen molar-refractivity contribution >= 4 is 9.84 Å². The zero-order valence-corrected chi connectivity index (χ0v) is 11.1. The minimum Gasteiger partial charge on any atom is -0.384 e. The van der Waals surface area contributed by atoms with Gasteiger partial charge in [-0.2, -0.15) is 0 Å². The van der Waals surface area contributed by atoms with E-state index in [0.717, 1.165) is 13.0 Å². The molecule has 0 spiro atoms. The van der Waals surface area contributed by atoms with Crippen molar-refractivity contribution in [1.29, 1.82) is 0 Å². The fourth-order valence-electron chi connectivity index (χ4n) is 1.76. The van der Waals surface area contributed by atoms with E-state index in [4.69, 9.17) is 4.74 Å². The van der Waals surface area contributed by atoms with E-state index in [0.29, 0.717) is 12.5 Å². The SMILES string of the molecule is CCCNC(CS(=O)(=O)CCOC)C1CC1. The predicted octanol–water partition coefficient (Wildman–Crippen LogP) is 0.826. The second-order valence-corrected chi connectivity index (χ2v) is 6.73. The van der Waals surface area contributed by atoms with Gasteiger partial charge in [-0.3, -0.25) is 0 Å². The third kappa shape index (κ3) is 5.27. The Morgan fingerprint density at radius 1 is 1.44 bits per heavy atom. The van der Waals surface area contributed by atoms with Gasteiger partial charge in [-0.1, -0.05) is 6.92 Å². The van der Waals surface area contributed by atoms with Crippen molar-refractivity contribution in [1.82, 2.24) is 5.32 Å². The van der Waals surface area contributed by atoms with Crippen molar-refractivity contribution in [3.05, 3.63) is 0 Å². The molecule has 1 unspecified atom stereocenters. The van der Waals surface area contributed by atoms with Crippen molar-refractivity contribution in [3.8, 4) is 0 Å². The molecule has 1 N–H and O–H groups in total. The molecule has 1 atom stereocenters. The van der Waals surface area contributed by atoms with Crippen LogP contribution in [0.5, 0.6) is 0 Å². The average Bonchev–Trinajstić information content (AvgIpc) is 3.05. The summed E-state index contributed by atoms with van der Waals surface area (Å²) in [5.41, 5.74) is 0. The largest absolute Gasteiger partial charge is 0.384 e. The van der Waals surface area contributed by atoms with Gasteiger partial charge in [0.2, 0.25) is 0 Å². The summed E-state index contributed by atoms with van der Waals surface area (Å²) in [4.78, 5) is 0. The van der Waals surface area contributed by atoms with Crippen LogP contribution in [0.15, 0.2) is 0 Å². The Morgan fingerprint density at radius 3 is 2.62 bits per heavy atom. The van der Waals surface area contributed by atoms with Crippen LogP contribution in [0.4, 0.5) is 0 Å². The molecule has 0 aliphatic heterocycles. The maximum absolute atomic E-state index is 11.8. The van der Waals surface area contributed by atoms with Gasteiger partial charge in [-0.25, -0.2) is 8.42 Å². The summed E-state index contributed by atoms with van der Waals surface area (Å²) < 4.78 is 28.4. The number of hydrogen-bond acceptors (Lipinski definition) is 4. The maximum atomic E-state index is 11.8. The molecule has 1 aliphatic rings. The first-order valence-electron chi connectivity index (χ1n) is 6.02. The molecule has 0 heterocycles. The van der Waals surface area contributed by atoms with Crippen molar-refractivity contribution in [2.45, 2.75) is 32.2 Å². The third-order valence-electron chi connectivity index (χ3n) is 2.88. The highest BCUT2D eigenvalue weighted by molar-refractivity contribution is 7.91. The lowest BCUT2D eigenvalue weighted by Gasteiger charge is -2.17. The van der Waals surface area contributed by atoms with Gasteiger partial charge >= 0.3 is 0 Å². The van der Waals surface area contributed by atoms with E-state index in [9.17, 15) is 8.42 Å². The summed E-state index contributed by atoms with van der Waals surface area (Å²) in [5.74, 6) is 0.977. The molecule has 96 valence electrons. The number of hydrogen-bond donors (Lipinski definition) is 1. The van der Waals surface area contributed by atoms with E-state index in [1.54, 1.807) is 0 Å². The van der Waals surface area contributed by atoms with Crippen LogP contribution in [0.1, 0.15) is 26.2 Å². The summed E-state index contributed by atoms with van der Waals surface area (Å²) in [6.07, 6.45) is 3.38. The van der Waals surface area contributed by atoms with Gasteiger partial charge in [0.15, 0.2) is 9.84 Å². The molecule has 0 aromatic rings. The molecule has 4 nitrogen and oxygen atoms in total. The molecule has 1 aliphatic carbocycles. The first kappa shape index (κ1) is 13.9. The molecule has 0 saturated heterocycles. The van der Waals surface area contributed by atoms with Crippen LogP contribution < -0.4 is 5.32 Å². The lowest BCUT2D eigenvalue weighted by molar-refractivity contribution is 0.217. The van der Waals surface area contributed by atoms with Crippen molar-refractivity contribution in [2.75, 3.05) is 31.8 Å².